The van der Waals surface area contributed by atoms with E-state index in [1.165, 1.54) is 32.0 Å². The van der Waals surface area contributed by atoms with E-state index in [9.17, 15) is 22.8 Å². The van der Waals surface area contributed by atoms with Crippen LogP contribution in [0.2, 0.25) is 0 Å². The third-order valence-corrected chi connectivity index (χ3v) is 5.97. The molecule has 0 spiro atoms. The zero-order chi connectivity index (χ0) is 22.5. The Morgan fingerprint density at radius 3 is 2.32 bits per heavy atom. The fraction of sp³-hybridized carbons (Fsp3) is 0.304. The highest BCUT2D eigenvalue weighted by molar-refractivity contribution is 5.93. The van der Waals surface area contributed by atoms with E-state index < -0.39 is 28.9 Å². The van der Waals surface area contributed by atoms with E-state index in [1.54, 1.807) is 12.1 Å². The Bertz CT molecular complexity index is 1180. The van der Waals surface area contributed by atoms with Gasteiger partial charge in [-0.1, -0.05) is 0 Å². The Balaban J connectivity index is 1.68. The molecule has 1 heterocycles. The first kappa shape index (κ1) is 21.0. The summed E-state index contributed by atoms with van der Waals surface area (Å²) in [6.07, 6.45) is 0.889. The van der Waals surface area contributed by atoms with Crippen molar-refractivity contribution >= 4 is 22.7 Å². The van der Waals surface area contributed by atoms with Crippen molar-refractivity contribution in [3.8, 4) is 11.3 Å². The number of hydrogen-bond donors (Lipinski definition) is 3. The van der Waals surface area contributed by atoms with Gasteiger partial charge in [-0.15, -0.1) is 0 Å². The van der Waals surface area contributed by atoms with E-state index in [2.05, 4.69) is 10.3 Å². The third-order valence-electron chi connectivity index (χ3n) is 5.97. The molecule has 1 fully saturated rings. The van der Waals surface area contributed by atoms with Crippen molar-refractivity contribution in [3.05, 3.63) is 59.4 Å². The molecule has 0 unspecified atom stereocenters. The lowest BCUT2D eigenvalue weighted by atomic mass is 9.69. The van der Waals surface area contributed by atoms with Crippen molar-refractivity contribution in [3.63, 3.8) is 0 Å². The summed E-state index contributed by atoms with van der Waals surface area (Å²) in [5.41, 5.74) is 6.20. The molecule has 2 aromatic carbocycles. The SMILES string of the molecule is CC(C)(NC(=O)C1CC(c2c(-c3ccc(F)cc3)[nH]c3c(F)cc(F)cc23)C1)C(N)=O. The monoisotopic (exact) mass is 429 g/mol. The van der Waals surface area contributed by atoms with Gasteiger partial charge in [-0.05, 0) is 74.1 Å². The molecule has 4 N–H and O–H groups in total. The quantitative estimate of drug-likeness (QED) is 0.570. The van der Waals surface area contributed by atoms with Crippen molar-refractivity contribution in [2.45, 2.75) is 38.1 Å². The standard InChI is InChI=1S/C23H22F3N3O2/c1-23(2,22(27)31)29-21(30)13-7-12(8-13)18-16-9-15(25)10-17(26)20(16)28-19(18)11-3-5-14(24)6-4-11/h3-6,9-10,12-13,28H,7-8H2,1-2H3,(H2,27,31)(H,29,30). The van der Waals surface area contributed by atoms with Gasteiger partial charge in [0.2, 0.25) is 11.8 Å². The summed E-state index contributed by atoms with van der Waals surface area (Å²) in [7, 11) is 0. The van der Waals surface area contributed by atoms with Crippen LogP contribution < -0.4 is 11.1 Å². The second-order valence-corrected chi connectivity index (χ2v) is 8.57. The van der Waals surface area contributed by atoms with Crippen LogP contribution in [0.1, 0.15) is 38.2 Å². The van der Waals surface area contributed by atoms with Gasteiger partial charge in [-0.3, -0.25) is 9.59 Å². The van der Waals surface area contributed by atoms with E-state index in [0.29, 0.717) is 35.0 Å². The smallest absolute Gasteiger partial charge is 0.242 e. The second kappa shape index (κ2) is 7.44. The lowest BCUT2D eigenvalue weighted by Gasteiger charge is -2.37. The number of aromatic nitrogens is 1. The Morgan fingerprint density at radius 2 is 1.71 bits per heavy atom. The normalized spacial score (nSPS) is 18.6. The van der Waals surface area contributed by atoms with Gasteiger partial charge in [0.25, 0.3) is 0 Å². The molecule has 1 aliphatic rings. The molecule has 31 heavy (non-hydrogen) atoms. The van der Waals surface area contributed by atoms with Crippen LogP contribution in [0.4, 0.5) is 13.2 Å². The first-order chi connectivity index (χ1) is 14.6. The van der Waals surface area contributed by atoms with Crippen LogP contribution >= 0.6 is 0 Å². The highest BCUT2D eigenvalue weighted by atomic mass is 19.1. The van der Waals surface area contributed by atoms with Crippen LogP contribution in [0.3, 0.4) is 0 Å². The molecule has 1 aliphatic carbocycles. The number of aromatic amines is 1. The lowest BCUT2D eigenvalue weighted by molar-refractivity contribution is -0.134. The first-order valence-electron chi connectivity index (χ1n) is 9.95. The molecule has 0 atom stereocenters. The topological polar surface area (TPSA) is 88.0 Å². The van der Waals surface area contributed by atoms with Crippen molar-refractivity contribution in [1.82, 2.24) is 10.3 Å². The van der Waals surface area contributed by atoms with E-state index in [0.717, 1.165) is 6.07 Å². The van der Waals surface area contributed by atoms with E-state index in [1.807, 2.05) is 0 Å². The Morgan fingerprint density at radius 1 is 1.06 bits per heavy atom. The minimum absolute atomic E-state index is 0.137. The van der Waals surface area contributed by atoms with Crippen molar-refractivity contribution < 1.29 is 22.8 Å². The highest BCUT2D eigenvalue weighted by Gasteiger charge is 2.40. The van der Waals surface area contributed by atoms with Gasteiger partial charge < -0.3 is 16.0 Å². The number of carbonyl (C=O) groups is 2. The van der Waals surface area contributed by atoms with Crippen molar-refractivity contribution in [2.24, 2.45) is 11.7 Å². The van der Waals surface area contributed by atoms with E-state index >= 15 is 0 Å². The zero-order valence-electron chi connectivity index (χ0n) is 17.1. The molecule has 3 aromatic rings. The Hall–Kier alpha value is -3.29. The number of nitrogens with one attached hydrogen (secondary N) is 2. The summed E-state index contributed by atoms with van der Waals surface area (Å²) in [5.74, 6) is -3.25. The predicted molar refractivity (Wildman–Crippen MR) is 110 cm³/mol. The number of primary amides is 1. The van der Waals surface area contributed by atoms with Gasteiger partial charge in [-0.2, -0.15) is 0 Å². The zero-order valence-corrected chi connectivity index (χ0v) is 17.1. The third kappa shape index (κ3) is 3.78. The van der Waals surface area contributed by atoms with Crippen LogP contribution in [0.15, 0.2) is 36.4 Å². The largest absolute Gasteiger partial charge is 0.368 e. The number of amides is 2. The number of nitrogens with two attached hydrogens (primary N) is 1. The molecule has 0 aliphatic heterocycles. The van der Waals surface area contributed by atoms with E-state index in [4.69, 9.17) is 5.73 Å². The summed E-state index contributed by atoms with van der Waals surface area (Å²) in [5, 5.41) is 3.05. The van der Waals surface area contributed by atoms with Crippen LogP contribution in [0.25, 0.3) is 22.2 Å². The maximum atomic E-state index is 14.4. The van der Waals surface area contributed by atoms with Crippen molar-refractivity contribution in [1.29, 1.82) is 0 Å². The number of fused-ring (bicyclic) bond motifs is 1. The first-order valence-corrected chi connectivity index (χ1v) is 9.95. The van der Waals surface area contributed by atoms with Crippen LogP contribution in [0.5, 0.6) is 0 Å². The second-order valence-electron chi connectivity index (χ2n) is 8.57. The predicted octanol–water partition coefficient (Wildman–Crippen LogP) is 4.13. The number of H-pyrrole nitrogens is 1. The maximum Gasteiger partial charge on any atom is 0.242 e. The molecule has 0 radical (unpaired) electrons. The molecular formula is C23H22F3N3O2. The molecule has 2 amide bonds. The van der Waals surface area contributed by atoms with Crippen LogP contribution in [-0.4, -0.2) is 22.3 Å². The summed E-state index contributed by atoms with van der Waals surface area (Å²) >= 11 is 0. The fourth-order valence-electron chi connectivity index (χ4n) is 4.05. The summed E-state index contributed by atoms with van der Waals surface area (Å²) in [4.78, 5) is 27.0. The van der Waals surface area contributed by atoms with Gasteiger partial charge in [0, 0.05) is 17.4 Å². The minimum Gasteiger partial charge on any atom is -0.368 e. The molecule has 1 aromatic heterocycles. The molecule has 0 bridgehead atoms. The summed E-state index contributed by atoms with van der Waals surface area (Å²) in [6, 6.07) is 7.79. The highest BCUT2D eigenvalue weighted by Crippen LogP contribution is 2.48. The van der Waals surface area contributed by atoms with Gasteiger partial charge in [0.1, 0.15) is 23.0 Å². The van der Waals surface area contributed by atoms with Gasteiger partial charge in [0.15, 0.2) is 0 Å². The average Bonchev–Trinajstić information content (AvgIpc) is 3.00. The minimum atomic E-state index is -1.17. The van der Waals surface area contributed by atoms with Gasteiger partial charge >= 0.3 is 0 Å². The summed E-state index contributed by atoms with van der Waals surface area (Å²) < 4.78 is 41.8. The Kier molecular flexibility index (Phi) is 5.03. The molecule has 0 saturated heterocycles. The number of halogens is 3. The summed E-state index contributed by atoms with van der Waals surface area (Å²) in [6.45, 7) is 3.06. The number of rotatable bonds is 5. The van der Waals surface area contributed by atoms with Gasteiger partial charge in [-0.25, -0.2) is 13.2 Å². The molecule has 4 rings (SSSR count). The molecular weight excluding hydrogens is 407 g/mol. The fourth-order valence-corrected chi connectivity index (χ4v) is 4.05. The molecule has 1 saturated carbocycles. The molecule has 5 nitrogen and oxygen atoms in total. The van der Waals surface area contributed by atoms with Gasteiger partial charge in [0.05, 0.1) is 11.2 Å². The average molecular weight is 429 g/mol. The van der Waals surface area contributed by atoms with Crippen LogP contribution in [-0.2, 0) is 9.59 Å². The number of carbonyl (C=O) groups excluding carboxylic acids is 2. The van der Waals surface area contributed by atoms with Crippen molar-refractivity contribution in [2.75, 3.05) is 0 Å². The number of benzene rings is 2. The van der Waals surface area contributed by atoms with Crippen LogP contribution in [0, 0.1) is 23.4 Å². The maximum absolute atomic E-state index is 14.4. The molecule has 8 heteroatoms. The molecule has 162 valence electrons. The van der Waals surface area contributed by atoms with E-state index in [-0.39, 0.29) is 23.3 Å². The lowest BCUT2D eigenvalue weighted by Crippen LogP contribution is -2.55. The number of hydrogen-bond acceptors (Lipinski definition) is 2. The Labute approximate surface area is 176 Å².